The van der Waals surface area contributed by atoms with Gasteiger partial charge in [0.2, 0.25) is 5.91 Å². The summed E-state index contributed by atoms with van der Waals surface area (Å²) < 4.78 is 0. The van der Waals surface area contributed by atoms with Crippen LogP contribution < -0.4 is 5.32 Å². The highest BCUT2D eigenvalue weighted by Crippen LogP contribution is 2.24. The summed E-state index contributed by atoms with van der Waals surface area (Å²) in [5.74, 6) is 0.236. The van der Waals surface area contributed by atoms with Gasteiger partial charge in [-0.05, 0) is 43.9 Å². The van der Waals surface area contributed by atoms with Gasteiger partial charge in [0.05, 0.1) is 5.92 Å². The van der Waals surface area contributed by atoms with Crippen LogP contribution >= 0.6 is 0 Å². The summed E-state index contributed by atoms with van der Waals surface area (Å²) in [6.07, 6.45) is 4.60. The maximum absolute atomic E-state index is 11.9. The van der Waals surface area contributed by atoms with E-state index < -0.39 is 5.97 Å². The third-order valence-electron chi connectivity index (χ3n) is 3.85. The molecule has 2 N–H and O–H groups in total. The number of rotatable bonds is 6. The minimum Gasteiger partial charge on any atom is -0.481 e. The van der Waals surface area contributed by atoms with E-state index in [0.29, 0.717) is 31.1 Å². The van der Waals surface area contributed by atoms with Crippen LogP contribution in [0.2, 0.25) is 0 Å². The molecule has 0 heterocycles. The molecule has 1 aliphatic carbocycles. The fraction of sp³-hybridized carbons (Fsp3) is 0.867. The van der Waals surface area contributed by atoms with E-state index in [1.54, 1.807) is 0 Å². The highest BCUT2D eigenvalue weighted by Gasteiger charge is 2.26. The maximum Gasteiger partial charge on any atom is 0.306 e. The number of amides is 1. The number of carboxylic acid groups (broad SMARTS) is 1. The molecule has 1 saturated carbocycles. The Morgan fingerprint density at radius 2 is 1.74 bits per heavy atom. The SMILES string of the molecule is CC(C)CC(C)CC(=O)NC1CCC(C(=O)O)CC1. The van der Waals surface area contributed by atoms with Crippen molar-refractivity contribution < 1.29 is 14.7 Å². The highest BCUT2D eigenvalue weighted by atomic mass is 16.4. The van der Waals surface area contributed by atoms with Crippen LogP contribution in [0.15, 0.2) is 0 Å². The summed E-state index contributed by atoms with van der Waals surface area (Å²) in [5.41, 5.74) is 0. The third-order valence-corrected chi connectivity index (χ3v) is 3.85. The number of aliphatic carboxylic acids is 1. The second-order valence-electron chi connectivity index (χ2n) is 6.39. The first kappa shape index (κ1) is 16.0. The smallest absolute Gasteiger partial charge is 0.306 e. The molecule has 110 valence electrons. The molecule has 1 fully saturated rings. The van der Waals surface area contributed by atoms with Crippen LogP contribution in [0.1, 0.15) is 59.3 Å². The maximum atomic E-state index is 11.9. The zero-order chi connectivity index (χ0) is 14.4. The lowest BCUT2D eigenvalue weighted by atomic mass is 9.86. The van der Waals surface area contributed by atoms with E-state index in [2.05, 4.69) is 26.1 Å². The molecule has 0 aromatic heterocycles. The monoisotopic (exact) mass is 269 g/mol. The molecule has 0 saturated heterocycles. The lowest BCUT2D eigenvalue weighted by Crippen LogP contribution is -2.39. The Morgan fingerprint density at radius 1 is 1.16 bits per heavy atom. The van der Waals surface area contributed by atoms with Gasteiger partial charge in [0.25, 0.3) is 0 Å². The first-order valence-corrected chi connectivity index (χ1v) is 7.40. The molecule has 0 aromatic rings. The van der Waals surface area contributed by atoms with E-state index >= 15 is 0 Å². The first-order valence-electron chi connectivity index (χ1n) is 7.40. The van der Waals surface area contributed by atoms with Gasteiger partial charge in [0.15, 0.2) is 0 Å². The third kappa shape index (κ3) is 6.08. The van der Waals surface area contributed by atoms with E-state index in [1.807, 2.05) is 0 Å². The van der Waals surface area contributed by atoms with E-state index in [4.69, 9.17) is 5.11 Å². The molecule has 0 spiro atoms. The summed E-state index contributed by atoms with van der Waals surface area (Å²) in [7, 11) is 0. The van der Waals surface area contributed by atoms with Gasteiger partial charge in [-0.2, -0.15) is 0 Å². The van der Waals surface area contributed by atoms with Crippen LogP contribution in [-0.4, -0.2) is 23.0 Å². The second-order valence-corrected chi connectivity index (χ2v) is 6.39. The Kier molecular flexibility index (Phi) is 6.32. The lowest BCUT2D eigenvalue weighted by Gasteiger charge is -2.27. The van der Waals surface area contributed by atoms with Crippen molar-refractivity contribution in [1.29, 1.82) is 0 Å². The van der Waals surface area contributed by atoms with Gasteiger partial charge in [0, 0.05) is 12.5 Å². The molecule has 1 aliphatic rings. The van der Waals surface area contributed by atoms with Crippen LogP contribution in [0.25, 0.3) is 0 Å². The minimum absolute atomic E-state index is 0.118. The zero-order valence-electron chi connectivity index (χ0n) is 12.3. The van der Waals surface area contributed by atoms with Crippen molar-refractivity contribution in [2.24, 2.45) is 17.8 Å². The topological polar surface area (TPSA) is 66.4 Å². The number of nitrogens with one attached hydrogen (secondary N) is 1. The van der Waals surface area contributed by atoms with Crippen LogP contribution in [0.4, 0.5) is 0 Å². The predicted molar refractivity (Wildman–Crippen MR) is 74.8 cm³/mol. The molecule has 1 amide bonds. The number of carboxylic acids is 1. The minimum atomic E-state index is -0.699. The van der Waals surface area contributed by atoms with Crippen LogP contribution in [0.3, 0.4) is 0 Å². The van der Waals surface area contributed by atoms with Crippen LogP contribution in [0.5, 0.6) is 0 Å². The van der Waals surface area contributed by atoms with Crippen LogP contribution in [-0.2, 0) is 9.59 Å². The van der Waals surface area contributed by atoms with Gasteiger partial charge >= 0.3 is 5.97 Å². The Balaban J connectivity index is 2.25. The molecule has 1 atom stereocenters. The molecular weight excluding hydrogens is 242 g/mol. The van der Waals surface area contributed by atoms with Gasteiger partial charge in [-0.15, -0.1) is 0 Å². The van der Waals surface area contributed by atoms with Crippen molar-refractivity contribution in [3.05, 3.63) is 0 Å². The molecule has 0 bridgehead atoms. The summed E-state index contributed by atoms with van der Waals surface area (Å²) in [6.45, 7) is 6.45. The van der Waals surface area contributed by atoms with Gasteiger partial charge < -0.3 is 10.4 Å². The molecule has 4 nitrogen and oxygen atoms in total. The van der Waals surface area contributed by atoms with E-state index in [-0.39, 0.29) is 17.9 Å². The normalized spacial score (nSPS) is 25.1. The van der Waals surface area contributed by atoms with Gasteiger partial charge in [0.1, 0.15) is 0 Å². The number of carbonyl (C=O) groups excluding carboxylic acids is 1. The van der Waals surface area contributed by atoms with Gasteiger partial charge in [-0.25, -0.2) is 0 Å². The Hall–Kier alpha value is -1.06. The molecular formula is C15H27NO3. The quantitative estimate of drug-likeness (QED) is 0.779. The second kappa shape index (κ2) is 7.51. The predicted octanol–water partition coefficient (Wildman–Crippen LogP) is 2.82. The van der Waals surface area contributed by atoms with Crippen molar-refractivity contribution in [2.45, 2.75) is 65.3 Å². The summed E-state index contributed by atoms with van der Waals surface area (Å²) in [5, 5.41) is 12.0. The number of hydrogen-bond acceptors (Lipinski definition) is 2. The van der Waals surface area contributed by atoms with Gasteiger partial charge in [-0.3, -0.25) is 9.59 Å². The zero-order valence-corrected chi connectivity index (χ0v) is 12.3. The van der Waals surface area contributed by atoms with Crippen LogP contribution in [0, 0.1) is 17.8 Å². The number of hydrogen-bond donors (Lipinski definition) is 2. The van der Waals surface area contributed by atoms with Crippen molar-refractivity contribution >= 4 is 11.9 Å². The molecule has 0 radical (unpaired) electrons. The lowest BCUT2D eigenvalue weighted by molar-refractivity contribution is -0.142. The average Bonchev–Trinajstić information content (AvgIpc) is 2.27. The standard InChI is InChI=1S/C15H27NO3/c1-10(2)8-11(3)9-14(17)16-13-6-4-12(5-7-13)15(18)19/h10-13H,4-9H2,1-3H3,(H,16,17)(H,18,19). The Labute approximate surface area is 116 Å². The highest BCUT2D eigenvalue weighted by molar-refractivity contribution is 5.76. The Bertz CT molecular complexity index is 307. The van der Waals surface area contributed by atoms with Crippen molar-refractivity contribution in [2.75, 3.05) is 0 Å². The van der Waals surface area contributed by atoms with Crippen molar-refractivity contribution in [3.8, 4) is 0 Å². The van der Waals surface area contributed by atoms with Gasteiger partial charge in [-0.1, -0.05) is 20.8 Å². The summed E-state index contributed by atoms with van der Waals surface area (Å²) in [4.78, 5) is 22.7. The molecule has 19 heavy (non-hydrogen) atoms. The van der Waals surface area contributed by atoms with E-state index in [9.17, 15) is 9.59 Å². The number of carbonyl (C=O) groups is 2. The molecule has 1 rings (SSSR count). The Morgan fingerprint density at radius 3 is 2.21 bits per heavy atom. The summed E-state index contributed by atoms with van der Waals surface area (Å²) in [6, 6.07) is 0.175. The molecule has 4 heteroatoms. The summed E-state index contributed by atoms with van der Waals surface area (Å²) >= 11 is 0. The molecule has 0 aliphatic heterocycles. The average molecular weight is 269 g/mol. The van der Waals surface area contributed by atoms with E-state index in [0.717, 1.165) is 19.3 Å². The molecule has 1 unspecified atom stereocenters. The van der Waals surface area contributed by atoms with Crippen molar-refractivity contribution in [3.63, 3.8) is 0 Å². The van der Waals surface area contributed by atoms with Crippen molar-refractivity contribution in [1.82, 2.24) is 5.32 Å². The molecule has 0 aromatic carbocycles. The fourth-order valence-corrected chi connectivity index (χ4v) is 2.98. The fourth-order valence-electron chi connectivity index (χ4n) is 2.98. The largest absolute Gasteiger partial charge is 0.481 e. The van der Waals surface area contributed by atoms with E-state index in [1.165, 1.54) is 0 Å². The first-order chi connectivity index (χ1) is 8.88.